The zero-order valence-corrected chi connectivity index (χ0v) is 13.4. The Morgan fingerprint density at radius 2 is 1.91 bits per heavy atom. The third-order valence-electron chi connectivity index (χ3n) is 3.48. The molecule has 0 aliphatic rings. The van der Waals surface area contributed by atoms with E-state index in [9.17, 15) is 9.59 Å². The Morgan fingerprint density at radius 3 is 2.65 bits per heavy atom. The van der Waals surface area contributed by atoms with Crippen molar-refractivity contribution in [3.63, 3.8) is 0 Å². The molecule has 3 rings (SSSR count). The molecule has 3 aromatic rings. The van der Waals surface area contributed by atoms with Gasteiger partial charge in [-0.2, -0.15) is 0 Å². The normalized spacial score (nSPS) is 10.7. The molecule has 1 aromatic heterocycles. The molecule has 0 saturated heterocycles. The van der Waals surface area contributed by atoms with Crippen molar-refractivity contribution in [3.8, 4) is 0 Å². The molecule has 23 heavy (non-hydrogen) atoms. The highest BCUT2D eigenvalue weighted by atomic mass is 35.5. The average Bonchev–Trinajstić information content (AvgIpc) is 2.45. The lowest BCUT2D eigenvalue weighted by molar-refractivity contribution is 0.0997. The fraction of sp³-hybridized carbons (Fsp3) is 0.111. The Balaban J connectivity index is 2.03. The quantitative estimate of drug-likeness (QED) is 0.762. The Morgan fingerprint density at radius 1 is 1.13 bits per heavy atom. The summed E-state index contributed by atoms with van der Waals surface area (Å²) in [6, 6.07) is 11.6. The van der Waals surface area contributed by atoms with Crippen molar-refractivity contribution in [2.75, 3.05) is 5.32 Å². The van der Waals surface area contributed by atoms with Crippen LogP contribution in [0.1, 0.15) is 21.7 Å². The summed E-state index contributed by atoms with van der Waals surface area (Å²) in [4.78, 5) is 24.6. The van der Waals surface area contributed by atoms with E-state index in [2.05, 4.69) is 5.32 Å². The topological polar surface area (TPSA) is 59.3 Å². The highest BCUT2D eigenvalue weighted by Gasteiger charge is 2.14. The highest BCUT2D eigenvalue weighted by Crippen LogP contribution is 2.20. The fourth-order valence-corrected chi connectivity index (χ4v) is 2.73. The molecule has 0 radical (unpaired) electrons. The monoisotopic (exact) mass is 327 g/mol. The van der Waals surface area contributed by atoms with Crippen molar-refractivity contribution in [2.24, 2.45) is 0 Å². The number of benzene rings is 2. The summed E-state index contributed by atoms with van der Waals surface area (Å²) < 4.78 is 5.62. The van der Waals surface area contributed by atoms with Crippen LogP contribution in [0.15, 0.2) is 51.7 Å². The number of halogens is 1. The molecule has 1 N–H and O–H groups in total. The van der Waals surface area contributed by atoms with Gasteiger partial charge in [-0.15, -0.1) is 0 Å². The van der Waals surface area contributed by atoms with Crippen LogP contribution in [0, 0.1) is 13.8 Å². The third kappa shape index (κ3) is 3.12. The molecule has 0 saturated carbocycles. The van der Waals surface area contributed by atoms with Gasteiger partial charge in [0, 0.05) is 16.8 Å². The van der Waals surface area contributed by atoms with Crippen molar-refractivity contribution in [3.05, 3.63) is 74.6 Å². The first-order valence-corrected chi connectivity index (χ1v) is 7.44. The highest BCUT2D eigenvalue weighted by molar-refractivity contribution is 6.30. The zero-order valence-electron chi connectivity index (χ0n) is 12.6. The van der Waals surface area contributed by atoms with E-state index in [0.717, 1.165) is 11.1 Å². The van der Waals surface area contributed by atoms with Crippen LogP contribution >= 0.6 is 11.6 Å². The number of aryl methyl sites for hydroxylation is 2. The van der Waals surface area contributed by atoms with Gasteiger partial charge in [0.1, 0.15) is 5.58 Å². The maximum Gasteiger partial charge on any atom is 0.291 e. The van der Waals surface area contributed by atoms with Crippen LogP contribution < -0.4 is 10.7 Å². The van der Waals surface area contributed by atoms with Gasteiger partial charge in [-0.05, 0) is 49.2 Å². The van der Waals surface area contributed by atoms with Gasteiger partial charge in [-0.25, -0.2) is 0 Å². The molecule has 0 bridgehead atoms. The number of nitrogens with one attached hydrogen (secondary N) is 1. The number of carbonyl (C=O) groups excluding carboxylic acids is 1. The summed E-state index contributed by atoms with van der Waals surface area (Å²) in [5, 5.41) is 3.67. The number of hydrogen-bond donors (Lipinski definition) is 1. The molecule has 116 valence electrons. The van der Waals surface area contributed by atoms with Crippen molar-refractivity contribution in [1.29, 1.82) is 0 Å². The van der Waals surface area contributed by atoms with Gasteiger partial charge in [-0.1, -0.05) is 23.7 Å². The van der Waals surface area contributed by atoms with Crippen LogP contribution in [-0.2, 0) is 0 Å². The van der Waals surface area contributed by atoms with Crippen molar-refractivity contribution in [2.45, 2.75) is 13.8 Å². The first-order chi connectivity index (χ1) is 10.9. The maximum atomic E-state index is 12.3. The van der Waals surface area contributed by atoms with E-state index in [0.29, 0.717) is 21.7 Å². The van der Waals surface area contributed by atoms with E-state index in [1.165, 1.54) is 6.07 Å². The van der Waals surface area contributed by atoms with Gasteiger partial charge in [-0.3, -0.25) is 9.59 Å². The van der Waals surface area contributed by atoms with E-state index in [1.807, 2.05) is 19.9 Å². The average molecular weight is 328 g/mol. The van der Waals surface area contributed by atoms with E-state index in [-0.39, 0.29) is 11.2 Å². The lowest BCUT2D eigenvalue weighted by Gasteiger charge is -2.07. The summed E-state index contributed by atoms with van der Waals surface area (Å²) >= 11 is 5.89. The minimum absolute atomic E-state index is 0.0347. The molecular formula is C18H14ClNO3. The van der Waals surface area contributed by atoms with Gasteiger partial charge >= 0.3 is 0 Å². The number of anilines is 1. The van der Waals surface area contributed by atoms with Crippen molar-refractivity contribution in [1.82, 2.24) is 0 Å². The molecular weight excluding hydrogens is 314 g/mol. The predicted octanol–water partition coefficient (Wildman–Crippen LogP) is 4.32. The van der Waals surface area contributed by atoms with Crippen LogP contribution in [0.2, 0.25) is 5.02 Å². The summed E-state index contributed by atoms with van der Waals surface area (Å²) in [5.74, 6) is -0.530. The molecule has 5 heteroatoms. The van der Waals surface area contributed by atoms with Crippen molar-refractivity contribution >= 4 is 34.2 Å². The second-order valence-electron chi connectivity index (χ2n) is 5.39. The summed E-state index contributed by atoms with van der Waals surface area (Å²) in [6.45, 7) is 3.75. The number of fused-ring (bicyclic) bond motifs is 1. The second kappa shape index (κ2) is 5.89. The number of carbonyl (C=O) groups is 1. The predicted molar refractivity (Wildman–Crippen MR) is 91.4 cm³/mol. The van der Waals surface area contributed by atoms with Crippen LogP contribution in [-0.4, -0.2) is 5.91 Å². The first kappa shape index (κ1) is 15.3. The van der Waals surface area contributed by atoms with Gasteiger partial charge in [0.25, 0.3) is 5.91 Å². The zero-order chi connectivity index (χ0) is 16.6. The maximum absolute atomic E-state index is 12.3. The van der Waals surface area contributed by atoms with Crippen LogP contribution in [0.3, 0.4) is 0 Å². The molecule has 1 heterocycles. The molecule has 0 atom stereocenters. The molecule has 0 fully saturated rings. The smallest absolute Gasteiger partial charge is 0.291 e. The summed E-state index contributed by atoms with van der Waals surface area (Å²) in [5.41, 5.74) is 2.50. The lowest BCUT2D eigenvalue weighted by Crippen LogP contribution is -2.15. The summed E-state index contributed by atoms with van der Waals surface area (Å²) in [6.07, 6.45) is 0. The Labute approximate surface area is 137 Å². The Hall–Kier alpha value is -2.59. The Kier molecular flexibility index (Phi) is 3.92. The van der Waals surface area contributed by atoms with Gasteiger partial charge in [0.2, 0.25) is 0 Å². The van der Waals surface area contributed by atoms with Crippen LogP contribution in [0.4, 0.5) is 5.69 Å². The second-order valence-corrected chi connectivity index (χ2v) is 5.83. The largest absolute Gasteiger partial charge is 0.451 e. The SMILES string of the molecule is Cc1cc(C)c2c(=O)cc(C(=O)Nc3cccc(Cl)c3)oc2c1. The minimum Gasteiger partial charge on any atom is -0.451 e. The van der Waals surface area contributed by atoms with Gasteiger partial charge in [0.05, 0.1) is 5.39 Å². The van der Waals surface area contributed by atoms with Gasteiger partial charge < -0.3 is 9.73 Å². The minimum atomic E-state index is -0.495. The molecule has 0 spiro atoms. The number of amides is 1. The lowest BCUT2D eigenvalue weighted by atomic mass is 10.1. The van der Waals surface area contributed by atoms with Crippen LogP contribution in [0.5, 0.6) is 0 Å². The molecule has 0 aliphatic heterocycles. The third-order valence-corrected chi connectivity index (χ3v) is 3.71. The van der Waals surface area contributed by atoms with E-state index in [4.69, 9.17) is 16.0 Å². The molecule has 0 unspecified atom stereocenters. The van der Waals surface area contributed by atoms with E-state index >= 15 is 0 Å². The van der Waals surface area contributed by atoms with Gasteiger partial charge in [0.15, 0.2) is 11.2 Å². The number of rotatable bonds is 2. The molecule has 4 nitrogen and oxygen atoms in total. The van der Waals surface area contributed by atoms with Crippen LogP contribution in [0.25, 0.3) is 11.0 Å². The molecule has 0 aliphatic carbocycles. The molecule has 1 amide bonds. The number of hydrogen-bond acceptors (Lipinski definition) is 3. The first-order valence-electron chi connectivity index (χ1n) is 7.06. The Bertz CT molecular complexity index is 976. The van der Waals surface area contributed by atoms with E-state index in [1.54, 1.807) is 30.3 Å². The van der Waals surface area contributed by atoms with E-state index < -0.39 is 5.91 Å². The summed E-state index contributed by atoms with van der Waals surface area (Å²) in [7, 11) is 0. The van der Waals surface area contributed by atoms with Crippen molar-refractivity contribution < 1.29 is 9.21 Å². The fourth-order valence-electron chi connectivity index (χ4n) is 2.53. The standard InChI is InChI=1S/C18H14ClNO3/c1-10-6-11(2)17-14(21)9-16(23-15(17)7-10)18(22)20-13-5-3-4-12(19)8-13/h3-9H,1-2H3,(H,20,22). The molecule has 2 aromatic carbocycles.